The van der Waals surface area contributed by atoms with Crippen molar-refractivity contribution in [1.29, 1.82) is 0 Å². The Hall–Kier alpha value is -1.58. The van der Waals surface area contributed by atoms with Gasteiger partial charge >= 0.3 is 5.97 Å². The molecule has 0 aromatic carbocycles. The molecule has 136 valence electrons. The molecule has 2 bridgehead atoms. The van der Waals surface area contributed by atoms with Gasteiger partial charge in [-0.05, 0) is 67.3 Å². The number of nitrogens with one attached hydrogen (secondary N) is 1. The number of hydrogen-bond acceptors (Lipinski definition) is 3. The lowest BCUT2D eigenvalue weighted by Gasteiger charge is -2.36. The number of ether oxygens (including phenoxy) is 1. The maximum atomic E-state index is 13.0. The number of H-pyrrole nitrogens is 1. The van der Waals surface area contributed by atoms with E-state index >= 15 is 0 Å². The number of pyridine rings is 1. The molecule has 0 aliphatic heterocycles. The number of fused-ring (bicyclic) bond motifs is 5. The summed E-state index contributed by atoms with van der Waals surface area (Å²) in [7, 11) is 0. The minimum atomic E-state index is -0.232. The molecule has 1 aromatic heterocycles. The molecule has 5 atom stereocenters. The van der Waals surface area contributed by atoms with Crippen molar-refractivity contribution in [3.8, 4) is 0 Å². The molecule has 4 nitrogen and oxygen atoms in total. The minimum Gasteiger partial charge on any atom is -0.458 e. The highest BCUT2D eigenvalue weighted by Gasteiger charge is 2.42. The van der Waals surface area contributed by atoms with Crippen molar-refractivity contribution < 1.29 is 9.53 Å². The molecule has 1 heterocycles. The van der Waals surface area contributed by atoms with Crippen LogP contribution in [0.25, 0.3) is 0 Å². The van der Waals surface area contributed by atoms with Gasteiger partial charge in [0.15, 0.2) is 0 Å². The lowest BCUT2D eigenvalue weighted by atomic mass is 9.75. The number of aromatic nitrogens is 1. The molecule has 0 saturated heterocycles. The Labute approximate surface area is 149 Å². The smallest absolute Gasteiger partial charge is 0.340 e. The maximum absolute atomic E-state index is 13.0. The molecule has 25 heavy (non-hydrogen) atoms. The second-order valence-electron chi connectivity index (χ2n) is 8.84. The van der Waals surface area contributed by atoms with E-state index in [-0.39, 0.29) is 17.6 Å². The fourth-order valence-electron chi connectivity index (χ4n) is 5.53. The number of carbonyl (C=O) groups excluding carboxylic acids is 1. The van der Waals surface area contributed by atoms with Crippen molar-refractivity contribution in [3.63, 3.8) is 0 Å². The van der Waals surface area contributed by atoms with Gasteiger partial charge in [-0.1, -0.05) is 27.2 Å². The predicted molar refractivity (Wildman–Crippen MR) is 96.9 cm³/mol. The van der Waals surface area contributed by atoms with Crippen molar-refractivity contribution in [3.05, 3.63) is 33.2 Å². The maximum Gasteiger partial charge on any atom is 0.340 e. The van der Waals surface area contributed by atoms with Crippen molar-refractivity contribution >= 4 is 5.97 Å². The van der Waals surface area contributed by atoms with E-state index in [0.29, 0.717) is 35.2 Å². The SMILES string of the molecule is CC(C)[C@@H]1CC[C@@H](C)C[C@H]1OC(=O)c1c[nH]c(=O)c2c1C1CCC2C1. The Kier molecular flexibility index (Phi) is 4.25. The third kappa shape index (κ3) is 2.84. The predicted octanol–water partition coefficient (Wildman–Crippen LogP) is 4.36. The van der Waals surface area contributed by atoms with Crippen LogP contribution in [0.3, 0.4) is 0 Å². The zero-order valence-electron chi connectivity index (χ0n) is 15.5. The van der Waals surface area contributed by atoms with Gasteiger partial charge in [-0.15, -0.1) is 0 Å². The van der Waals surface area contributed by atoms with Gasteiger partial charge in [0.1, 0.15) is 6.10 Å². The van der Waals surface area contributed by atoms with E-state index in [9.17, 15) is 9.59 Å². The fraction of sp³-hybridized carbons (Fsp3) is 0.714. The lowest BCUT2D eigenvalue weighted by molar-refractivity contribution is -0.0175. The van der Waals surface area contributed by atoms with E-state index in [2.05, 4.69) is 25.8 Å². The first kappa shape index (κ1) is 16.9. The summed E-state index contributed by atoms with van der Waals surface area (Å²) in [4.78, 5) is 28.0. The van der Waals surface area contributed by atoms with Crippen LogP contribution in [0.1, 0.15) is 92.6 Å². The summed E-state index contributed by atoms with van der Waals surface area (Å²) in [6.07, 6.45) is 8.09. The molecular weight excluding hydrogens is 314 g/mol. The first-order valence-corrected chi connectivity index (χ1v) is 9.92. The average Bonchev–Trinajstić information content (AvgIpc) is 3.17. The Morgan fingerprint density at radius 2 is 1.84 bits per heavy atom. The monoisotopic (exact) mass is 343 g/mol. The zero-order valence-corrected chi connectivity index (χ0v) is 15.5. The van der Waals surface area contributed by atoms with Crippen molar-refractivity contribution in [1.82, 2.24) is 4.98 Å². The first-order valence-electron chi connectivity index (χ1n) is 9.92. The molecular formula is C21H29NO3. The van der Waals surface area contributed by atoms with Crippen LogP contribution >= 0.6 is 0 Å². The molecule has 3 aliphatic carbocycles. The fourth-order valence-corrected chi connectivity index (χ4v) is 5.53. The van der Waals surface area contributed by atoms with Crippen molar-refractivity contribution in [2.24, 2.45) is 17.8 Å². The number of carbonyl (C=O) groups is 1. The van der Waals surface area contributed by atoms with Gasteiger partial charge in [-0.2, -0.15) is 0 Å². The van der Waals surface area contributed by atoms with E-state index in [1.807, 2.05) is 0 Å². The van der Waals surface area contributed by atoms with Gasteiger partial charge in [0, 0.05) is 11.8 Å². The quantitative estimate of drug-likeness (QED) is 0.830. The summed E-state index contributed by atoms with van der Waals surface area (Å²) >= 11 is 0. The summed E-state index contributed by atoms with van der Waals surface area (Å²) in [5, 5.41) is 0. The summed E-state index contributed by atoms with van der Waals surface area (Å²) < 4.78 is 6.03. The Morgan fingerprint density at radius 1 is 1.12 bits per heavy atom. The Balaban J connectivity index is 1.61. The molecule has 2 unspecified atom stereocenters. The highest BCUT2D eigenvalue weighted by Crippen LogP contribution is 2.52. The normalized spacial score (nSPS) is 33.5. The van der Waals surface area contributed by atoms with Crippen LogP contribution in [-0.4, -0.2) is 17.1 Å². The van der Waals surface area contributed by atoms with Crippen LogP contribution in [0.15, 0.2) is 11.0 Å². The highest BCUT2D eigenvalue weighted by molar-refractivity contribution is 5.92. The molecule has 2 saturated carbocycles. The van der Waals surface area contributed by atoms with E-state index in [0.717, 1.165) is 43.2 Å². The molecule has 4 heteroatoms. The van der Waals surface area contributed by atoms with Crippen molar-refractivity contribution in [2.45, 2.75) is 77.2 Å². The molecule has 1 aromatic rings. The molecule has 0 spiro atoms. The standard InChI is InChI=1S/C21H29NO3/c1-11(2)15-7-4-12(3)8-17(15)25-21(24)16-10-22-20(23)19-14-6-5-13(9-14)18(16)19/h10-15,17H,4-9H2,1-3H3,(H,22,23)/t12-,13?,14?,15+,17-/m1/s1. The van der Waals surface area contributed by atoms with Crippen LogP contribution in [0.4, 0.5) is 0 Å². The molecule has 2 fully saturated rings. The van der Waals surface area contributed by atoms with Crippen LogP contribution in [0, 0.1) is 17.8 Å². The third-order valence-corrected chi connectivity index (χ3v) is 6.86. The minimum absolute atomic E-state index is 0.00239. The largest absolute Gasteiger partial charge is 0.458 e. The summed E-state index contributed by atoms with van der Waals surface area (Å²) in [6, 6.07) is 0. The second-order valence-corrected chi connectivity index (χ2v) is 8.84. The van der Waals surface area contributed by atoms with E-state index in [4.69, 9.17) is 4.74 Å². The molecule has 0 radical (unpaired) electrons. The Morgan fingerprint density at radius 3 is 2.56 bits per heavy atom. The van der Waals surface area contributed by atoms with Crippen molar-refractivity contribution in [2.75, 3.05) is 0 Å². The van der Waals surface area contributed by atoms with Gasteiger partial charge in [-0.25, -0.2) is 4.79 Å². The van der Waals surface area contributed by atoms with E-state index in [1.165, 1.54) is 6.42 Å². The van der Waals surface area contributed by atoms with Crippen LogP contribution in [-0.2, 0) is 4.74 Å². The number of hydrogen-bond donors (Lipinski definition) is 1. The first-order chi connectivity index (χ1) is 12.0. The van der Waals surface area contributed by atoms with Gasteiger partial charge in [0.05, 0.1) is 5.56 Å². The van der Waals surface area contributed by atoms with Gasteiger partial charge in [-0.3, -0.25) is 4.79 Å². The summed E-state index contributed by atoms with van der Waals surface area (Å²) in [6.45, 7) is 6.68. The zero-order chi connectivity index (χ0) is 17.7. The van der Waals surface area contributed by atoms with Gasteiger partial charge in [0.25, 0.3) is 5.56 Å². The molecule has 3 aliphatic rings. The number of rotatable bonds is 3. The van der Waals surface area contributed by atoms with Crippen LogP contribution < -0.4 is 5.56 Å². The Bertz CT molecular complexity index is 735. The molecule has 4 rings (SSSR count). The lowest BCUT2D eigenvalue weighted by Crippen LogP contribution is -2.36. The van der Waals surface area contributed by atoms with Crippen LogP contribution in [0.2, 0.25) is 0 Å². The summed E-state index contributed by atoms with van der Waals surface area (Å²) in [5.41, 5.74) is 2.46. The van der Waals surface area contributed by atoms with Crippen LogP contribution in [0.5, 0.6) is 0 Å². The second kappa shape index (κ2) is 6.30. The molecule has 1 N–H and O–H groups in total. The topological polar surface area (TPSA) is 59.2 Å². The van der Waals surface area contributed by atoms with E-state index in [1.54, 1.807) is 6.20 Å². The van der Waals surface area contributed by atoms with Gasteiger partial charge in [0.2, 0.25) is 0 Å². The third-order valence-electron chi connectivity index (χ3n) is 6.86. The number of esters is 1. The van der Waals surface area contributed by atoms with E-state index < -0.39 is 0 Å². The highest BCUT2D eigenvalue weighted by atomic mass is 16.5. The summed E-state index contributed by atoms with van der Waals surface area (Å²) in [5.74, 6) is 2.04. The van der Waals surface area contributed by atoms with Gasteiger partial charge < -0.3 is 9.72 Å². The average molecular weight is 343 g/mol. The number of aromatic amines is 1. The molecule has 0 amide bonds.